The first-order valence-corrected chi connectivity index (χ1v) is 10.1. The predicted molar refractivity (Wildman–Crippen MR) is 113 cm³/mol. The summed E-state index contributed by atoms with van der Waals surface area (Å²) >= 11 is 1.69. The largest absolute Gasteiger partial charge is 0.353 e. The van der Waals surface area contributed by atoms with Crippen molar-refractivity contribution in [2.45, 2.75) is 0 Å². The number of nitrogens with one attached hydrogen (secondary N) is 1. The molecule has 4 aromatic rings. The van der Waals surface area contributed by atoms with Crippen LogP contribution in [-0.2, 0) is 0 Å². The number of thiophene rings is 1. The van der Waals surface area contributed by atoms with E-state index in [1.165, 1.54) is 27.6 Å². The molecule has 2 aromatic carbocycles. The number of nitrogens with zero attached hydrogens (tertiary/aromatic N) is 3. The Morgan fingerprint density at radius 2 is 1.52 bits per heavy atom. The Bertz CT molecular complexity index is 1050. The normalized spacial score (nSPS) is 14.6. The average molecular weight is 372 g/mol. The first-order valence-electron chi connectivity index (χ1n) is 9.24. The SMILES string of the molecule is c1ccc(-c2ccc(-c3csc4ncnc(N5CCNCC5)c34)cc2)cc1. The van der Waals surface area contributed by atoms with Gasteiger partial charge in [0.05, 0.1) is 5.39 Å². The maximum atomic E-state index is 4.65. The predicted octanol–water partition coefficient (Wildman–Crippen LogP) is 4.43. The average Bonchev–Trinajstić information content (AvgIpc) is 3.19. The summed E-state index contributed by atoms with van der Waals surface area (Å²) in [6, 6.07) is 19.3. The third-order valence-electron chi connectivity index (χ3n) is 5.07. The second kappa shape index (κ2) is 7.10. The van der Waals surface area contributed by atoms with Crippen LogP contribution in [0, 0.1) is 0 Å². The molecule has 27 heavy (non-hydrogen) atoms. The fourth-order valence-electron chi connectivity index (χ4n) is 3.66. The van der Waals surface area contributed by atoms with Crippen LogP contribution in [0.4, 0.5) is 5.82 Å². The first kappa shape index (κ1) is 16.4. The lowest BCUT2D eigenvalue weighted by Crippen LogP contribution is -2.44. The minimum Gasteiger partial charge on any atom is -0.353 e. The first-order chi connectivity index (χ1) is 13.4. The Kier molecular flexibility index (Phi) is 4.32. The van der Waals surface area contributed by atoms with Gasteiger partial charge in [-0.15, -0.1) is 11.3 Å². The van der Waals surface area contributed by atoms with Gasteiger partial charge >= 0.3 is 0 Å². The van der Waals surface area contributed by atoms with Crippen LogP contribution in [0.5, 0.6) is 0 Å². The van der Waals surface area contributed by atoms with Gasteiger partial charge in [-0.25, -0.2) is 9.97 Å². The van der Waals surface area contributed by atoms with Gasteiger partial charge in [-0.2, -0.15) is 0 Å². The summed E-state index contributed by atoms with van der Waals surface area (Å²) in [4.78, 5) is 12.6. The zero-order chi connectivity index (χ0) is 18.1. The van der Waals surface area contributed by atoms with Gasteiger partial charge in [0.2, 0.25) is 0 Å². The van der Waals surface area contributed by atoms with E-state index in [1.54, 1.807) is 17.7 Å². The maximum Gasteiger partial charge on any atom is 0.141 e. The Morgan fingerprint density at radius 1 is 0.815 bits per heavy atom. The number of fused-ring (bicyclic) bond motifs is 1. The number of benzene rings is 2. The Morgan fingerprint density at radius 3 is 2.30 bits per heavy atom. The molecule has 4 nitrogen and oxygen atoms in total. The van der Waals surface area contributed by atoms with E-state index in [4.69, 9.17) is 0 Å². The number of rotatable bonds is 3. The van der Waals surface area contributed by atoms with Crippen LogP contribution in [0.15, 0.2) is 66.3 Å². The summed E-state index contributed by atoms with van der Waals surface area (Å²) < 4.78 is 0. The number of hydrogen-bond donors (Lipinski definition) is 1. The summed E-state index contributed by atoms with van der Waals surface area (Å²) in [5.41, 5.74) is 4.91. The quantitative estimate of drug-likeness (QED) is 0.577. The van der Waals surface area contributed by atoms with Crippen LogP contribution in [-0.4, -0.2) is 36.1 Å². The van der Waals surface area contributed by atoms with Gasteiger partial charge in [0.1, 0.15) is 17.0 Å². The van der Waals surface area contributed by atoms with Crippen LogP contribution in [0.3, 0.4) is 0 Å². The zero-order valence-corrected chi connectivity index (χ0v) is 15.7. The van der Waals surface area contributed by atoms with Crippen LogP contribution in [0.1, 0.15) is 0 Å². The highest BCUT2D eigenvalue weighted by atomic mass is 32.1. The maximum absolute atomic E-state index is 4.65. The molecular weight excluding hydrogens is 352 g/mol. The molecular formula is C22H20N4S. The van der Waals surface area contributed by atoms with E-state index < -0.39 is 0 Å². The summed E-state index contributed by atoms with van der Waals surface area (Å²) in [7, 11) is 0. The van der Waals surface area contributed by atoms with Crippen molar-refractivity contribution in [2.24, 2.45) is 0 Å². The second-order valence-electron chi connectivity index (χ2n) is 6.71. The van der Waals surface area contributed by atoms with E-state index in [2.05, 4.69) is 74.1 Å². The molecule has 134 valence electrons. The minimum atomic E-state index is 0.981. The third kappa shape index (κ3) is 3.09. The molecule has 0 atom stereocenters. The van der Waals surface area contributed by atoms with Gasteiger partial charge in [0, 0.05) is 37.1 Å². The van der Waals surface area contributed by atoms with Crippen LogP contribution >= 0.6 is 11.3 Å². The molecule has 3 heterocycles. The molecule has 2 aromatic heterocycles. The molecule has 0 unspecified atom stereocenters. The highest BCUT2D eigenvalue weighted by Gasteiger charge is 2.19. The van der Waals surface area contributed by atoms with Gasteiger partial charge < -0.3 is 10.2 Å². The zero-order valence-electron chi connectivity index (χ0n) is 14.9. The summed E-state index contributed by atoms with van der Waals surface area (Å²) in [5, 5.41) is 6.80. The van der Waals surface area contributed by atoms with Crippen molar-refractivity contribution in [1.29, 1.82) is 0 Å². The van der Waals surface area contributed by atoms with E-state index in [0.717, 1.165) is 36.8 Å². The molecule has 0 saturated carbocycles. The molecule has 1 aliphatic heterocycles. The van der Waals surface area contributed by atoms with Crippen molar-refractivity contribution < 1.29 is 0 Å². The Hall–Kier alpha value is -2.76. The van der Waals surface area contributed by atoms with Crippen molar-refractivity contribution >= 4 is 27.4 Å². The molecule has 0 radical (unpaired) electrons. The molecule has 0 amide bonds. The molecule has 1 fully saturated rings. The number of anilines is 1. The molecule has 5 rings (SSSR count). The smallest absolute Gasteiger partial charge is 0.141 e. The highest BCUT2D eigenvalue weighted by molar-refractivity contribution is 7.17. The summed E-state index contributed by atoms with van der Waals surface area (Å²) in [5.74, 6) is 1.06. The lowest BCUT2D eigenvalue weighted by Gasteiger charge is -2.29. The van der Waals surface area contributed by atoms with Gasteiger partial charge in [-0.3, -0.25) is 0 Å². The lowest BCUT2D eigenvalue weighted by molar-refractivity contribution is 0.586. The molecule has 1 aliphatic rings. The summed E-state index contributed by atoms with van der Waals surface area (Å²) in [6.45, 7) is 3.95. The number of piperazine rings is 1. The van der Waals surface area contributed by atoms with E-state index in [9.17, 15) is 0 Å². The number of hydrogen-bond acceptors (Lipinski definition) is 5. The Balaban J connectivity index is 1.57. The van der Waals surface area contributed by atoms with Crippen molar-refractivity contribution in [2.75, 3.05) is 31.1 Å². The highest BCUT2D eigenvalue weighted by Crippen LogP contribution is 2.38. The molecule has 5 heteroatoms. The monoisotopic (exact) mass is 372 g/mol. The molecule has 0 bridgehead atoms. The molecule has 1 saturated heterocycles. The molecule has 0 aliphatic carbocycles. The topological polar surface area (TPSA) is 41.1 Å². The third-order valence-corrected chi connectivity index (χ3v) is 5.96. The Labute approximate surface area is 162 Å². The van der Waals surface area contributed by atoms with Gasteiger partial charge in [0.25, 0.3) is 0 Å². The fraction of sp³-hybridized carbons (Fsp3) is 0.182. The van der Waals surface area contributed by atoms with E-state index in [1.807, 2.05) is 6.07 Å². The lowest BCUT2D eigenvalue weighted by atomic mass is 10.0. The number of aromatic nitrogens is 2. The van der Waals surface area contributed by atoms with Crippen LogP contribution in [0.2, 0.25) is 0 Å². The van der Waals surface area contributed by atoms with Crippen LogP contribution in [0.25, 0.3) is 32.5 Å². The van der Waals surface area contributed by atoms with E-state index in [-0.39, 0.29) is 0 Å². The van der Waals surface area contributed by atoms with Gasteiger partial charge in [-0.1, -0.05) is 54.6 Å². The minimum absolute atomic E-state index is 0.981. The van der Waals surface area contributed by atoms with Gasteiger partial charge in [-0.05, 0) is 16.7 Å². The molecule has 1 N–H and O–H groups in total. The van der Waals surface area contributed by atoms with Crippen molar-refractivity contribution in [3.05, 3.63) is 66.3 Å². The van der Waals surface area contributed by atoms with E-state index in [0.29, 0.717) is 0 Å². The standard InChI is InChI=1S/C22H20N4S/c1-2-4-16(5-3-1)17-6-8-18(9-7-17)19-14-27-22-20(19)21(24-15-25-22)26-12-10-23-11-13-26/h1-9,14-15,23H,10-13H2. The van der Waals surface area contributed by atoms with Crippen molar-refractivity contribution in [3.63, 3.8) is 0 Å². The van der Waals surface area contributed by atoms with Crippen molar-refractivity contribution in [3.8, 4) is 22.3 Å². The fourth-order valence-corrected chi connectivity index (χ4v) is 4.57. The van der Waals surface area contributed by atoms with Crippen LogP contribution < -0.4 is 10.2 Å². The summed E-state index contributed by atoms with van der Waals surface area (Å²) in [6.07, 6.45) is 1.69. The van der Waals surface area contributed by atoms with E-state index >= 15 is 0 Å². The van der Waals surface area contributed by atoms with Crippen molar-refractivity contribution in [1.82, 2.24) is 15.3 Å². The molecule has 0 spiro atoms. The van der Waals surface area contributed by atoms with Gasteiger partial charge in [0.15, 0.2) is 0 Å². The second-order valence-corrected chi connectivity index (χ2v) is 7.57.